The Morgan fingerprint density at radius 1 is 1.17 bits per heavy atom. The van der Waals surface area contributed by atoms with Crippen LogP contribution in [0.2, 0.25) is 0 Å². The second-order valence-corrected chi connectivity index (χ2v) is 5.15. The van der Waals surface area contributed by atoms with Gasteiger partial charge in [-0.15, -0.1) is 0 Å². The van der Waals surface area contributed by atoms with Gasteiger partial charge in [0.1, 0.15) is 0 Å². The first-order valence-electron chi connectivity index (χ1n) is 6.40. The van der Waals surface area contributed by atoms with Gasteiger partial charge in [0.15, 0.2) is 0 Å². The zero-order chi connectivity index (χ0) is 14.3. The van der Waals surface area contributed by atoms with Crippen molar-refractivity contribution in [3.8, 4) is 0 Å². The summed E-state index contributed by atoms with van der Waals surface area (Å²) in [4.78, 5) is 13.7. The number of carbonyl (C=O) groups excluding carboxylic acids is 1. The van der Waals surface area contributed by atoms with Crippen molar-refractivity contribution in [3.05, 3.63) is 29.8 Å². The Labute approximate surface area is 111 Å². The number of anilines is 1. The van der Waals surface area contributed by atoms with Crippen LogP contribution in [0.4, 0.5) is 5.69 Å². The quantitative estimate of drug-likeness (QED) is 0.819. The molecule has 3 nitrogen and oxygen atoms in total. The second kappa shape index (κ2) is 7.04. The van der Waals surface area contributed by atoms with E-state index in [2.05, 4.69) is 0 Å². The molecule has 0 fully saturated rings. The molecule has 0 saturated heterocycles. The lowest BCUT2D eigenvalue weighted by molar-refractivity contribution is -0.138. The van der Waals surface area contributed by atoms with E-state index in [1.165, 1.54) is 0 Å². The predicted molar refractivity (Wildman–Crippen MR) is 78.1 cm³/mol. The number of carbonyl (C=O) groups is 1. The molecule has 0 spiro atoms. The molecule has 0 aliphatic heterocycles. The van der Waals surface area contributed by atoms with Crippen LogP contribution in [0.5, 0.6) is 0 Å². The number of hydrogen-bond donors (Lipinski definition) is 1. The Morgan fingerprint density at radius 3 is 2.00 bits per heavy atom. The SMILES string of the molecule is CC.CN(Cc1ccc(N)cc1)C(=O)C(C)(C)C. The summed E-state index contributed by atoms with van der Waals surface area (Å²) in [5.41, 5.74) is 7.11. The van der Waals surface area contributed by atoms with Crippen LogP contribution in [0.25, 0.3) is 0 Å². The highest BCUT2D eigenvalue weighted by atomic mass is 16.2. The van der Waals surface area contributed by atoms with Crippen LogP contribution < -0.4 is 5.73 Å². The zero-order valence-corrected chi connectivity index (χ0v) is 12.4. The molecule has 1 rings (SSSR count). The Hall–Kier alpha value is -1.51. The monoisotopic (exact) mass is 250 g/mol. The average Bonchev–Trinajstić information content (AvgIpc) is 2.32. The Bertz CT molecular complexity index is 363. The number of nitrogens with zero attached hydrogens (tertiary/aromatic N) is 1. The summed E-state index contributed by atoms with van der Waals surface area (Å²) in [6, 6.07) is 7.60. The van der Waals surface area contributed by atoms with Crippen LogP contribution >= 0.6 is 0 Å². The van der Waals surface area contributed by atoms with Gasteiger partial charge in [0.05, 0.1) is 0 Å². The highest BCUT2D eigenvalue weighted by Crippen LogP contribution is 2.18. The minimum absolute atomic E-state index is 0.143. The molecule has 18 heavy (non-hydrogen) atoms. The third-order valence-electron chi connectivity index (χ3n) is 2.39. The second-order valence-electron chi connectivity index (χ2n) is 5.15. The molecule has 1 aromatic rings. The first kappa shape index (κ1) is 16.5. The van der Waals surface area contributed by atoms with Gasteiger partial charge in [0.25, 0.3) is 0 Å². The summed E-state index contributed by atoms with van der Waals surface area (Å²) < 4.78 is 0. The standard InChI is InChI=1S/C13H20N2O.C2H6/c1-13(2,3)12(16)15(4)9-10-5-7-11(14)8-6-10;1-2/h5-8H,9,14H2,1-4H3;1-2H3. The maximum Gasteiger partial charge on any atom is 0.227 e. The Morgan fingerprint density at radius 2 is 1.61 bits per heavy atom. The van der Waals surface area contributed by atoms with Crippen LogP contribution in [0.3, 0.4) is 0 Å². The molecule has 1 aromatic carbocycles. The third kappa shape index (κ3) is 5.21. The van der Waals surface area contributed by atoms with Crippen molar-refractivity contribution in [3.63, 3.8) is 0 Å². The molecule has 0 atom stereocenters. The lowest BCUT2D eigenvalue weighted by atomic mass is 9.95. The van der Waals surface area contributed by atoms with Crippen molar-refractivity contribution in [2.75, 3.05) is 12.8 Å². The summed E-state index contributed by atoms with van der Waals surface area (Å²) in [6.45, 7) is 10.4. The molecule has 0 aromatic heterocycles. The van der Waals surface area contributed by atoms with Gasteiger partial charge in [0, 0.05) is 24.7 Å². The number of amides is 1. The molecule has 102 valence electrons. The van der Waals surface area contributed by atoms with Crippen molar-refractivity contribution in [2.45, 2.75) is 41.2 Å². The largest absolute Gasteiger partial charge is 0.399 e. The number of nitrogens with two attached hydrogens (primary N) is 1. The van der Waals surface area contributed by atoms with E-state index in [0.29, 0.717) is 6.54 Å². The predicted octanol–water partition coefficient (Wildman–Crippen LogP) is 3.30. The van der Waals surface area contributed by atoms with Crippen molar-refractivity contribution in [2.24, 2.45) is 5.41 Å². The minimum atomic E-state index is -0.331. The highest BCUT2D eigenvalue weighted by molar-refractivity contribution is 5.81. The smallest absolute Gasteiger partial charge is 0.227 e. The van der Waals surface area contributed by atoms with E-state index in [9.17, 15) is 4.79 Å². The summed E-state index contributed by atoms with van der Waals surface area (Å²) in [6.07, 6.45) is 0. The molecule has 0 saturated carbocycles. The molecular formula is C15H26N2O. The first-order valence-corrected chi connectivity index (χ1v) is 6.40. The van der Waals surface area contributed by atoms with Crippen LogP contribution in [-0.2, 0) is 11.3 Å². The van der Waals surface area contributed by atoms with Crippen molar-refractivity contribution in [1.82, 2.24) is 4.90 Å². The molecule has 0 radical (unpaired) electrons. The molecule has 0 unspecified atom stereocenters. The van der Waals surface area contributed by atoms with Gasteiger partial charge in [0.2, 0.25) is 5.91 Å². The first-order chi connectivity index (χ1) is 8.30. The molecule has 3 heteroatoms. The molecule has 0 heterocycles. The topological polar surface area (TPSA) is 46.3 Å². The Kier molecular flexibility index (Phi) is 6.45. The van der Waals surface area contributed by atoms with E-state index >= 15 is 0 Å². The van der Waals surface area contributed by atoms with Gasteiger partial charge in [-0.1, -0.05) is 46.8 Å². The van der Waals surface area contributed by atoms with Gasteiger partial charge in [-0.3, -0.25) is 4.79 Å². The lowest BCUT2D eigenvalue weighted by Crippen LogP contribution is -2.36. The van der Waals surface area contributed by atoms with Crippen LogP contribution in [0.1, 0.15) is 40.2 Å². The van der Waals surface area contributed by atoms with Crippen LogP contribution in [0, 0.1) is 5.41 Å². The molecule has 0 bridgehead atoms. The summed E-state index contributed by atoms with van der Waals surface area (Å²) in [5, 5.41) is 0. The molecule has 0 aliphatic carbocycles. The lowest BCUT2D eigenvalue weighted by Gasteiger charge is -2.26. The van der Waals surface area contributed by atoms with Gasteiger partial charge in [-0.05, 0) is 17.7 Å². The van der Waals surface area contributed by atoms with Crippen LogP contribution in [-0.4, -0.2) is 17.9 Å². The fraction of sp³-hybridized carbons (Fsp3) is 0.533. The molecule has 0 aliphatic rings. The van der Waals surface area contributed by atoms with E-state index in [1.54, 1.807) is 4.90 Å². The fourth-order valence-corrected chi connectivity index (χ4v) is 1.54. The maximum atomic E-state index is 11.9. The van der Waals surface area contributed by atoms with E-state index in [-0.39, 0.29) is 11.3 Å². The normalized spacial score (nSPS) is 10.3. The molecule has 2 N–H and O–H groups in total. The van der Waals surface area contributed by atoms with E-state index in [4.69, 9.17) is 5.73 Å². The van der Waals surface area contributed by atoms with Crippen molar-refractivity contribution in [1.29, 1.82) is 0 Å². The fourth-order valence-electron chi connectivity index (χ4n) is 1.54. The molecule has 1 amide bonds. The van der Waals surface area contributed by atoms with Gasteiger partial charge in [-0.2, -0.15) is 0 Å². The summed E-state index contributed by atoms with van der Waals surface area (Å²) in [5.74, 6) is 0.143. The maximum absolute atomic E-state index is 11.9. The zero-order valence-electron chi connectivity index (χ0n) is 12.4. The molecular weight excluding hydrogens is 224 g/mol. The van der Waals surface area contributed by atoms with Gasteiger partial charge < -0.3 is 10.6 Å². The van der Waals surface area contributed by atoms with Crippen molar-refractivity contribution < 1.29 is 4.79 Å². The van der Waals surface area contributed by atoms with Crippen LogP contribution in [0.15, 0.2) is 24.3 Å². The van der Waals surface area contributed by atoms with E-state index in [1.807, 2.05) is 65.9 Å². The number of benzene rings is 1. The van der Waals surface area contributed by atoms with Gasteiger partial charge in [-0.25, -0.2) is 0 Å². The van der Waals surface area contributed by atoms with E-state index in [0.717, 1.165) is 11.3 Å². The third-order valence-corrected chi connectivity index (χ3v) is 2.39. The summed E-state index contributed by atoms with van der Waals surface area (Å²) >= 11 is 0. The average molecular weight is 250 g/mol. The number of rotatable bonds is 2. The highest BCUT2D eigenvalue weighted by Gasteiger charge is 2.24. The van der Waals surface area contributed by atoms with Gasteiger partial charge >= 0.3 is 0 Å². The van der Waals surface area contributed by atoms with E-state index < -0.39 is 0 Å². The number of nitrogen functional groups attached to an aromatic ring is 1. The van der Waals surface area contributed by atoms with Crippen molar-refractivity contribution >= 4 is 11.6 Å². The summed E-state index contributed by atoms with van der Waals surface area (Å²) in [7, 11) is 1.82. The number of hydrogen-bond acceptors (Lipinski definition) is 2. The Balaban J connectivity index is 0.00000137. The minimum Gasteiger partial charge on any atom is -0.399 e.